The molecule has 1 aliphatic carbocycles. The van der Waals surface area contributed by atoms with E-state index < -0.39 is 17.9 Å². The van der Waals surface area contributed by atoms with Crippen LogP contribution in [-0.2, 0) is 9.59 Å². The fourth-order valence-electron chi connectivity index (χ4n) is 4.36. The van der Waals surface area contributed by atoms with Crippen molar-refractivity contribution < 1.29 is 19.5 Å². The van der Waals surface area contributed by atoms with E-state index in [1.807, 2.05) is 5.01 Å². The molecule has 3 N–H and O–H groups in total. The minimum atomic E-state index is -1.01. The zero-order valence-electron chi connectivity index (χ0n) is 16.5. The number of nitrogens with one attached hydrogen (secondary N) is 2. The first kappa shape index (κ1) is 21.6. The maximum Gasteiger partial charge on any atom is 0.303 e. The lowest BCUT2D eigenvalue weighted by molar-refractivity contribution is -0.137. The molecule has 8 heteroatoms. The summed E-state index contributed by atoms with van der Waals surface area (Å²) in [6.45, 7) is 1.55. The lowest BCUT2D eigenvalue weighted by atomic mass is 9.77. The fourth-order valence-corrected chi connectivity index (χ4v) is 4.55. The van der Waals surface area contributed by atoms with Crippen LogP contribution in [-0.4, -0.2) is 47.0 Å². The first-order valence-electron chi connectivity index (χ1n) is 10.2. The number of benzene rings is 1. The second-order valence-corrected chi connectivity index (χ2v) is 8.58. The van der Waals surface area contributed by atoms with E-state index in [4.69, 9.17) is 16.7 Å². The molecule has 0 aromatic heterocycles. The normalized spacial score (nSPS) is 19.6. The van der Waals surface area contributed by atoms with Crippen LogP contribution >= 0.6 is 11.6 Å². The predicted octanol–water partition coefficient (Wildman–Crippen LogP) is 2.99. The standard InChI is InChI=1S/C21H28ClN3O4/c22-16-5-3-4-15(14-16)19(28)23-17(6-7-18(26)27)20(29)24-25-12-10-21(11-13-25)8-1-2-9-21/h3-5,14,17H,1-2,6-13H2,(H,23,28)(H,24,29)(H,26,27)/t17-/m0/s1. The summed E-state index contributed by atoms with van der Waals surface area (Å²) < 4.78 is 0. The van der Waals surface area contributed by atoms with E-state index in [2.05, 4.69) is 10.7 Å². The van der Waals surface area contributed by atoms with Gasteiger partial charge >= 0.3 is 5.97 Å². The van der Waals surface area contributed by atoms with Crippen LogP contribution in [0.15, 0.2) is 24.3 Å². The number of piperidine rings is 1. The summed E-state index contributed by atoms with van der Waals surface area (Å²) in [7, 11) is 0. The maximum absolute atomic E-state index is 12.8. The molecule has 2 aliphatic rings. The van der Waals surface area contributed by atoms with Gasteiger partial charge in [-0.15, -0.1) is 0 Å². The number of halogens is 1. The molecule has 1 atom stereocenters. The maximum atomic E-state index is 12.8. The van der Waals surface area contributed by atoms with Gasteiger partial charge < -0.3 is 10.4 Å². The number of hydrazine groups is 1. The summed E-state index contributed by atoms with van der Waals surface area (Å²) in [6.07, 6.45) is 7.04. The van der Waals surface area contributed by atoms with Crippen LogP contribution < -0.4 is 10.7 Å². The predicted molar refractivity (Wildman–Crippen MR) is 109 cm³/mol. The van der Waals surface area contributed by atoms with Gasteiger partial charge in [0, 0.05) is 30.1 Å². The van der Waals surface area contributed by atoms with E-state index in [-0.39, 0.29) is 18.7 Å². The van der Waals surface area contributed by atoms with Crippen molar-refractivity contribution in [2.24, 2.45) is 5.41 Å². The minimum Gasteiger partial charge on any atom is -0.481 e. The average molecular weight is 422 g/mol. The average Bonchev–Trinajstić information content (AvgIpc) is 3.15. The minimum absolute atomic E-state index is 0.0191. The van der Waals surface area contributed by atoms with E-state index in [9.17, 15) is 14.4 Å². The highest BCUT2D eigenvalue weighted by atomic mass is 35.5. The topological polar surface area (TPSA) is 98.7 Å². The molecule has 29 heavy (non-hydrogen) atoms. The molecular formula is C21H28ClN3O4. The Morgan fingerprint density at radius 2 is 1.83 bits per heavy atom. The highest BCUT2D eigenvalue weighted by Crippen LogP contribution is 2.45. The Morgan fingerprint density at radius 1 is 1.14 bits per heavy atom. The molecule has 0 radical (unpaired) electrons. The zero-order chi connectivity index (χ0) is 20.9. The molecule has 1 spiro atoms. The quantitative estimate of drug-likeness (QED) is 0.628. The van der Waals surface area contributed by atoms with Gasteiger partial charge in [-0.1, -0.05) is 30.5 Å². The summed E-state index contributed by atoms with van der Waals surface area (Å²) in [6, 6.07) is 5.48. The SMILES string of the molecule is O=C(O)CC[C@H](NC(=O)c1cccc(Cl)c1)C(=O)NN1CCC2(CCCC2)CC1. The summed E-state index contributed by atoms with van der Waals surface area (Å²) in [5.41, 5.74) is 3.64. The lowest BCUT2D eigenvalue weighted by Crippen LogP contribution is -2.55. The van der Waals surface area contributed by atoms with Gasteiger partial charge in [0.05, 0.1) is 0 Å². The van der Waals surface area contributed by atoms with Crippen molar-refractivity contribution in [1.82, 2.24) is 15.8 Å². The zero-order valence-corrected chi connectivity index (χ0v) is 17.2. The van der Waals surface area contributed by atoms with Crippen LogP contribution in [0.1, 0.15) is 61.7 Å². The first-order valence-corrected chi connectivity index (χ1v) is 10.6. The third kappa shape index (κ3) is 5.93. The van der Waals surface area contributed by atoms with E-state index in [0.29, 0.717) is 16.0 Å². The smallest absolute Gasteiger partial charge is 0.303 e. The molecule has 3 rings (SSSR count). The number of hydrogen-bond donors (Lipinski definition) is 3. The summed E-state index contributed by atoms with van der Waals surface area (Å²) in [4.78, 5) is 36.3. The molecule has 1 saturated heterocycles. The molecule has 1 aromatic carbocycles. The molecule has 2 amide bonds. The summed E-state index contributed by atoms with van der Waals surface area (Å²) in [5.74, 6) is -1.86. The van der Waals surface area contributed by atoms with E-state index >= 15 is 0 Å². The van der Waals surface area contributed by atoms with Crippen molar-refractivity contribution >= 4 is 29.4 Å². The van der Waals surface area contributed by atoms with Crippen LogP contribution in [0.2, 0.25) is 5.02 Å². The third-order valence-electron chi connectivity index (χ3n) is 6.11. The molecule has 0 bridgehead atoms. The number of rotatable bonds is 7. The molecular weight excluding hydrogens is 394 g/mol. The second-order valence-electron chi connectivity index (χ2n) is 8.14. The van der Waals surface area contributed by atoms with Gasteiger partial charge in [-0.2, -0.15) is 0 Å². The van der Waals surface area contributed by atoms with Crippen LogP contribution in [0.4, 0.5) is 0 Å². The molecule has 0 unspecified atom stereocenters. The first-order chi connectivity index (χ1) is 13.9. The largest absolute Gasteiger partial charge is 0.481 e. The number of carboxylic acids is 1. The Balaban J connectivity index is 1.59. The molecule has 1 aliphatic heterocycles. The van der Waals surface area contributed by atoms with E-state index in [0.717, 1.165) is 25.9 Å². The van der Waals surface area contributed by atoms with Crippen molar-refractivity contribution in [3.63, 3.8) is 0 Å². The number of carbonyl (C=O) groups is 3. The molecule has 7 nitrogen and oxygen atoms in total. The summed E-state index contributed by atoms with van der Waals surface area (Å²) in [5, 5.41) is 14.0. The Labute approximate surface area is 175 Å². The molecule has 1 heterocycles. The number of carbonyl (C=O) groups excluding carboxylic acids is 2. The number of carboxylic acid groups (broad SMARTS) is 1. The lowest BCUT2D eigenvalue weighted by Gasteiger charge is -2.39. The van der Waals surface area contributed by atoms with Crippen LogP contribution in [0.25, 0.3) is 0 Å². The van der Waals surface area contributed by atoms with Crippen LogP contribution in [0.3, 0.4) is 0 Å². The highest BCUT2D eigenvalue weighted by Gasteiger charge is 2.37. The monoisotopic (exact) mass is 421 g/mol. The van der Waals surface area contributed by atoms with Gasteiger partial charge in [0.2, 0.25) is 0 Å². The van der Waals surface area contributed by atoms with Crippen molar-refractivity contribution in [2.45, 2.75) is 57.4 Å². The van der Waals surface area contributed by atoms with Crippen LogP contribution in [0.5, 0.6) is 0 Å². The summed E-state index contributed by atoms with van der Waals surface area (Å²) >= 11 is 5.93. The number of aliphatic carboxylic acids is 1. The fraction of sp³-hybridized carbons (Fsp3) is 0.571. The van der Waals surface area contributed by atoms with Gasteiger partial charge in [-0.3, -0.25) is 19.8 Å². The van der Waals surface area contributed by atoms with Crippen molar-refractivity contribution in [1.29, 1.82) is 0 Å². The van der Waals surface area contributed by atoms with Gasteiger partial charge in [0.25, 0.3) is 11.8 Å². The molecule has 1 aromatic rings. The molecule has 158 valence electrons. The van der Waals surface area contributed by atoms with E-state index in [1.165, 1.54) is 31.7 Å². The molecule has 1 saturated carbocycles. The Bertz CT molecular complexity index is 754. The van der Waals surface area contributed by atoms with Crippen molar-refractivity contribution in [3.8, 4) is 0 Å². The molecule has 2 fully saturated rings. The van der Waals surface area contributed by atoms with Gasteiger partial charge in [-0.25, -0.2) is 5.01 Å². The second kappa shape index (κ2) is 9.59. The van der Waals surface area contributed by atoms with Gasteiger partial charge in [-0.05, 0) is 55.7 Å². The van der Waals surface area contributed by atoms with Gasteiger partial charge in [0.1, 0.15) is 6.04 Å². The number of amides is 2. The number of hydrogen-bond acceptors (Lipinski definition) is 4. The van der Waals surface area contributed by atoms with Gasteiger partial charge in [0.15, 0.2) is 0 Å². The Morgan fingerprint density at radius 3 is 2.45 bits per heavy atom. The highest BCUT2D eigenvalue weighted by molar-refractivity contribution is 6.31. The number of nitrogens with zero attached hydrogens (tertiary/aromatic N) is 1. The van der Waals surface area contributed by atoms with Crippen LogP contribution in [0, 0.1) is 5.41 Å². The van der Waals surface area contributed by atoms with E-state index in [1.54, 1.807) is 18.2 Å². The Hall–Kier alpha value is -2.12. The van der Waals surface area contributed by atoms with Crippen molar-refractivity contribution in [3.05, 3.63) is 34.9 Å². The Kier molecular flexibility index (Phi) is 7.14. The van der Waals surface area contributed by atoms with Crippen molar-refractivity contribution in [2.75, 3.05) is 13.1 Å². The third-order valence-corrected chi connectivity index (χ3v) is 6.35.